The van der Waals surface area contributed by atoms with Crippen molar-refractivity contribution in [2.75, 3.05) is 59.5 Å². The number of ether oxygens (including phenoxy) is 1. The molecule has 2 fully saturated rings. The minimum atomic E-state index is 0.0765. The van der Waals surface area contributed by atoms with E-state index >= 15 is 0 Å². The second-order valence-corrected chi connectivity index (χ2v) is 6.55. The van der Waals surface area contributed by atoms with E-state index in [9.17, 15) is 4.79 Å². The van der Waals surface area contributed by atoms with Crippen molar-refractivity contribution >= 4 is 17.2 Å². The third-order valence-electron chi connectivity index (χ3n) is 4.02. The summed E-state index contributed by atoms with van der Waals surface area (Å²) in [4.78, 5) is 23.4. The summed E-state index contributed by atoms with van der Waals surface area (Å²) in [6.45, 7) is 7.77. The quantitative estimate of drug-likeness (QED) is 0.807. The van der Waals surface area contributed by atoms with Crippen molar-refractivity contribution in [1.82, 2.24) is 19.7 Å². The number of hydrogen-bond acceptors (Lipinski definition) is 6. The van der Waals surface area contributed by atoms with Gasteiger partial charge in [0.05, 0.1) is 19.8 Å². The first-order chi connectivity index (χ1) is 10.2. The minimum Gasteiger partial charge on any atom is -0.379 e. The van der Waals surface area contributed by atoms with E-state index < -0.39 is 0 Å². The number of nitrogens with zero attached hydrogens (tertiary/aromatic N) is 4. The summed E-state index contributed by atoms with van der Waals surface area (Å²) in [5, 5.41) is 2.92. The van der Waals surface area contributed by atoms with Crippen LogP contribution in [-0.2, 0) is 11.3 Å². The third kappa shape index (κ3) is 3.79. The molecule has 2 aliphatic rings. The fourth-order valence-electron chi connectivity index (χ4n) is 2.60. The van der Waals surface area contributed by atoms with E-state index in [1.165, 1.54) is 0 Å². The van der Waals surface area contributed by atoms with Gasteiger partial charge in [0, 0.05) is 44.6 Å². The maximum absolute atomic E-state index is 12.4. The zero-order valence-electron chi connectivity index (χ0n) is 12.5. The Bertz CT molecular complexity index is 479. The molecule has 3 heterocycles. The molecule has 1 amide bonds. The number of morpholine rings is 1. The number of likely N-dealkylation sites (N-methyl/N-ethyl adjacent to an activating group) is 1. The molecule has 21 heavy (non-hydrogen) atoms. The predicted octanol–water partition coefficient (Wildman–Crippen LogP) is 0.363. The predicted molar refractivity (Wildman–Crippen MR) is 81.6 cm³/mol. The van der Waals surface area contributed by atoms with Crippen molar-refractivity contribution in [3.8, 4) is 0 Å². The van der Waals surface area contributed by atoms with E-state index in [4.69, 9.17) is 4.74 Å². The molecule has 0 aliphatic carbocycles. The van der Waals surface area contributed by atoms with Gasteiger partial charge < -0.3 is 14.5 Å². The van der Waals surface area contributed by atoms with Gasteiger partial charge in [-0.1, -0.05) is 0 Å². The van der Waals surface area contributed by atoms with Gasteiger partial charge in [-0.25, -0.2) is 4.98 Å². The summed E-state index contributed by atoms with van der Waals surface area (Å²) in [6.07, 6.45) is 0. The number of piperazine rings is 1. The Labute approximate surface area is 129 Å². The van der Waals surface area contributed by atoms with Crippen molar-refractivity contribution in [3.05, 3.63) is 16.1 Å². The molecular formula is C14H22N4O2S. The summed E-state index contributed by atoms with van der Waals surface area (Å²) in [5.41, 5.74) is 0.604. The van der Waals surface area contributed by atoms with Crippen LogP contribution in [0.25, 0.3) is 0 Å². The molecule has 2 aliphatic heterocycles. The van der Waals surface area contributed by atoms with Gasteiger partial charge in [0.15, 0.2) is 0 Å². The molecule has 0 saturated carbocycles. The highest BCUT2D eigenvalue weighted by Gasteiger charge is 2.22. The lowest BCUT2D eigenvalue weighted by Crippen LogP contribution is -2.47. The Morgan fingerprint density at radius 1 is 1.24 bits per heavy atom. The molecule has 2 saturated heterocycles. The molecule has 3 rings (SSSR count). The number of amides is 1. The van der Waals surface area contributed by atoms with Gasteiger partial charge in [0.2, 0.25) is 0 Å². The van der Waals surface area contributed by atoms with Gasteiger partial charge in [-0.15, -0.1) is 11.3 Å². The Balaban J connectivity index is 1.57. The van der Waals surface area contributed by atoms with Crippen LogP contribution in [0, 0.1) is 0 Å². The highest BCUT2D eigenvalue weighted by atomic mass is 32.1. The molecule has 0 aromatic carbocycles. The van der Waals surface area contributed by atoms with Crippen LogP contribution in [0.2, 0.25) is 0 Å². The topological polar surface area (TPSA) is 48.9 Å². The smallest absolute Gasteiger partial charge is 0.273 e. The SMILES string of the molecule is CN1CCN(C(=O)c2csc(CN3CCOCC3)n2)CC1. The van der Waals surface area contributed by atoms with Crippen LogP contribution in [0.5, 0.6) is 0 Å². The lowest BCUT2D eigenvalue weighted by Gasteiger charge is -2.31. The first-order valence-electron chi connectivity index (χ1n) is 7.45. The molecule has 1 aromatic heterocycles. The monoisotopic (exact) mass is 310 g/mol. The van der Waals surface area contributed by atoms with Gasteiger partial charge in [0.1, 0.15) is 10.7 Å². The maximum atomic E-state index is 12.4. The summed E-state index contributed by atoms with van der Waals surface area (Å²) in [6, 6.07) is 0. The van der Waals surface area contributed by atoms with Crippen molar-refractivity contribution in [3.63, 3.8) is 0 Å². The van der Waals surface area contributed by atoms with E-state index in [1.54, 1.807) is 11.3 Å². The van der Waals surface area contributed by atoms with E-state index in [0.29, 0.717) is 5.69 Å². The fraction of sp³-hybridized carbons (Fsp3) is 0.714. The average molecular weight is 310 g/mol. The van der Waals surface area contributed by atoms with Crippen molar-refractivity contribution in [2.24, 2.45) is 0 Å². The first kappa shape index (κ1) is 14.9. The largest absolute Gasteiger partial charge is 0.379 e. The van der Waals surface area contributed by atoms with Crippen molar-refractivity contribution in [1.29, 1.82) is 0 Å². The van der Waals surface area contributed by atoms with Gasteiger partial charge >= 0.3 is 0 Å². The van der Waals surface area contributed by atoms with Gasteiger partial charge in [-0.3, -0.25) is 9.69 Å². The summed E-state index contributed by atoms with van der Waals surface area (Å²) in [7, 11) is 2.09. The van der Waals surface area contributed by atoms with Crippen LogP contribution in [0.1, 0.15) is 15.5 Å². The zero-order valence-corrected chi connectivity index (χ0v) is 13.3. The molecule has 0 radical (unpaired) electrons. The number of hydrogen-bond donors (Lipinski definition) is 0. The fourth-order valence-corrected chi connectivity index (χ4v) is 3.41. The Morgan fingerprint density at radius 3 is 2.67 bits per heavy atom. The van der Waals surface area contributed by atoms with Crippen LogP contribution in [0.3, 0.4) is 0 Å². The van der Waals surface area contributed by atoms with Gasteiger partial charge in [-0.05, 0) is 7.05 Å². The highest BCUT2D eigenvalue weighted by molar-refractivity contribution is 7.09. The average Bonchev–Trinajstić information content (AvgIpc) is 2.97. The summed E-state index contributed by atoms with van der Waals surface area (Å²) < 4.78 is 5.35. The number of carbonyl (C=O) groups excluding carboxylic acids is 1. The van der Waals surface area contributed by atoms with E-state index in [0.717, 1.165) is 64.0 Å². The van der Waals surface area contributed by atoms with E-state index in [1.807, 2.05) is 10.3 Å². The molecule has 7 heteroatoms. The van der Waals surface area contributed by atoms with E-state index in [2.05, 4.69) is 21.8 Å². The molecule has 1 aromatic rings. The van der Waals surface area contributed by atoms with Crippen molar-refractivity contribution in [2.45, 2.75) is 6.54 Å². The molecule has 0 unspecified atom stereocenters. The van der Waals surface area contributed by atoms with Crippen LogP contribution in [0.15, 0.2) is 5.38 Å². The summed E-state index contributed by atoms with van der Waals surface area (Å²) in [5.74, 6) is 0.0765. The first-order valence-corrected chi connectivity index (χ1v) is 8.32. The molecule has 0 bridgehead atoms. The lowest BCUT2D eigenvalue weighted by atomic mass is 10.3. The molecule has 0 atom stereocenters. The lowest BCUT2D eigenvalue weighted by molar-refractivity contribution is 0.0341. The van der Waals surface area contributed by atoms with Crippen LogP contribution in [0.4, 0.5) is 0 Å². The highest BCUT2D eigenvalue weighted by Crippen LogP contribution is 2.15. The van der Waals surface area contributed by atoms with Crippen LogP contribution >= 0.6 is 11.3 Å². The Kier molecular flexibility index (Phi) is 4.84. The molecule has 116 valence electrons. The standard InChI is InChI=1S/C14H22N4O2S/c1-16-2-4-18(5-3-16)14(19)12-11-21-13(15-12)10-17-6-8-20-9-7-17/h11H,2-10H2,1H3. The van der Waals surface area contributed by atoms with Crippen LogP contribution < -0.4 is 0 Å². The van der Waals surface area contributed by atoms with Crippen molar-refractivity contribution < 1.29 is 9.53 Å². The number of thiazole rings is 1. The van der Waals surface area contributed by atoms with Crippen LogP contribution in [-0.4, -0.2) is 85.1 Å². The number of rotatable bonds is 3. The minimum absolute atomic E-state index is 0.0765. The third-order valence-corrected chi connectivity index (χ3v) is 4.86. The molecular weight excluding hydrogens is 288 g/mol. The van der Waals surface area contributed by atoms with Gasteiger partial charge in [0.25, 0.3) is 5.91 Å². The Hall–Kier alpha value is -1.02. The Morgan fingerprint density at radius 2 is 1.95 bits per heavy atom. The second-order valence-electron chi connectivity index (χ2n) is 5.61. The number of carbonyl (C=O) groups is 1. The maximum Gasteiger partial charge on any atom is 0.273 e. The molecule has 6 nitrogen and oxygen atoms in total. The van der Waals surface area contributed by atoms with Gasteiger partial charge in [-0.2, -0.15) is 0 Å². The normalized spacial score (nSPS) is 21.7. The number of aromatic nitrogens is 1. The van der Waals surface area contributed by atoms with E-state index in [-0.39, 0.29) is 5.91 Å². The molecule has 0 spiro atoms. The molecule has 0 N–H and O–H groups in total. The zero-order chi connectivity index (χ0) is 14.7. The second kappa shape index (κ2) is 6.83. The summed E-state index contributed by atoms with van der Waals surface area (Å²) >= 11 is 1.58.